The maximum absolute atomic E-state index is 12.1. The van der Waals surface area contributed by atoms with Crippen molar-refractivity contribution in [1.29, 1.82) is 0 Å². The molecule has 1 heterocycles. The van der Waals surface area contributed by atoms with E-state index in [0.717, 1.165) is 0 Å². The minimum absolute atomic E-state index is 0.238. The first-order valence-electron chi connectivity index (χ1n) is 6.86. The van der Waals surface area contributed by atoms with E-state index in [-0.39, 0.29) is 6.54 Å². The summed E-state index contributed by atoms with van der Waals surface area (Å²) in [7, 11) is 1.53. The quantitative estimate of drug-likeness (QED) is 0.778. The van der Waals surface area contributed by atoms with Crippen LogP contribution in [0.5, 0.6) is 5.75 Å². The second kappa shape index (κ2) is 7.82. The molecular weight excluding hydrogens is 366 g/mol. The summed E-state index contributed by atoms with van der Waals surface area (Å²) in [6.07, 6.45) is 0.602. The van der Waals surface area contributed by atoms with Crippen LogP contribution in [-0.4, -0.2) is 25.1 Å². The lowest BCUT2D eigenvalue weighted by atomic mass is 10.2. The highest BCUT2D eigenvalue weighted by atomic mass is 79.9. The molecule has 2 aromatic rings. The predicted molar refractivity (Wildman–Crippen MR) is 86.1 cm³/mol. The summed E-state index contributed by atoms with van der Waals surface area (Å²) in [4.78, 5) is 24.0. The number of amides is 1. The number of hydrogen-bond acceptors (Lipinski definition) is 5. The van der Waals surface area contributed by atoms with E-state index in [2.05, 4.69) is 21.2 Å². The van der Waals surface area contributed by atoms with E-state index < -0.39 is 18.0 Å². The van der Waals surface area contributed by atoms with Gasteiger partial charge in [-0.1, -0.05) is 0 Å². The molecule has 23 heavy (non-hydrogen) atoms. The van der Waals surface area contributed by atoms with Crippen LogP contribution >= 0.6 is 15.9 Å². The van der Waals surface area contributed by atoms with Crippen LogP contribution in [0.25, 0.3) is 0 Å². The molecule has 0 fully saturated rings. The lowest BCUT2D eigenvalue weighted by Crippen LogP contribution is -2.35. The predicted octanol–water partition coefficient (Wildman–Crippen LogP) is 2.91. The molecule has 122 valence electrons. The molecule has 0 saturated carbocycles. The summed E-state index contributed by atoms with van der Waals surface area (Å²) in [6.45, 7) is 1.75. The number of methoxy groups -OCH3 is 1. The zero-order chi connectivity index (χ0) is 16.8. The summed E-state index contributed by atoms with van der Waals surface area (Å²) >= 11 is 3.30. The molecule has 1 N–H and O–H groups in total. The van der Waals surface area contributed by atoms with E-state index in [0.29, 0.717) is 21.5 Å². The van der Waals surface area contributed by atoms with Crippen molar-refractivity contribution < 1.29 is 23.5 Å². The molecule has 0 unspecified atom stereocenters. The topological polar surface area (TPSA) is 77.8 Å². The number of carbonyl (C=O) groups is 2. The average molecular weight is 382 g/mol. The number of esters is 1. The van der Waals surface area contributed by atoms with E-state index in [9.17, 15) is 9.59 Å². The van der Waals surface area contributed by atoms with Crippen LogP contribution in [0.15, 0.2) is 45.5 Å². The first kappa shape index (κ1) is 17.1. The average Bonchev–Trinajstić information content (AvgIpc) is 3.05. The van der Waals surface area contributed by atoms with Crippen molar-refractivity contribution in [2.75, 3.05) is 7.11 Å². The van der Waals surface area contributed by atoms with E-state index >= 15 is 0 Å². The molecule has 0 aliphatic heterocycles. The van der Waals surface area contributed by atoms with E-state index in [1.54, 1.807) is 30.3 Å². The molecule has 6 nitrogen and oxygen atoms in total. The fraction of sp³-hybridized carbons (Fsp3) is 0.250. The van der Waals surface area contributed by atoms with E-state index in [1.807, 2.05) is 0 Å². The Morgan fingerprint density at radius 2 is 2.13 bits per heavy atom. The zero-order valence-electron chi connectivity index (χ0n) is 12.7. The second-order valence-corrected chi connectivity index (χ2v) is 5.55. The van der Waals surface area contributed by atoms with Crippen molar-refractivity contribution in [3.05, 3.63) is 52.4 Å². The van der Waals surface area contributed by atoms with Crippen LogP contribution in [0.3, 0.4) is 0 Å². The van der Waals surface area contributed by atoms with E-state index in [4.69, 9.17) is 13.9 Å². The van der Waals surface area contributed by atoms with Crippen LogP contribution in [0, 0.1) is 0 Å². The molecule has 7 heteroatoms. The smallest absolute Gasteiger partial charge is 0.338 e. The standard InChI is InChI=1S/C16H16BrNO5/c1-10(15(19)18-9-12-4-3-7-22-12)23-16(20)11-5-6-14(21-2)13(17)8-11/h3-8,10H,9H2,1-2H3,(H,18,19)/t10-/m0/s1. The third-order valence-electron chi connectivity index (χ3n) is 3.06. The molecule has 2 rings (SSSR count). The Balaban J connectivity index is 1.90. The molecule has 1 aromatic carbocycles. The highest BCUT2D eigenvalue weighted by Gasteiger charge is 2.19. The Morgan fingerprint density at radius 1 is 1.35 bits per heavy atom. The van der Waals surface area contributed by atoms with Gasteiger partial charge in [0.25, 0.3) is 5.91 Å². The van der Waals surface area contributed by atoms with Crippen LogP contribution < -0.4 is 10.1 Å². The molecular formula is C16H16BrNO5. The van der Waals surface area contributed by atoms with Crippen molar-refractivity contribution in [1.82, 2.24) is 5.32 Å². The number of carbonyl (C=O) groups excluding carboxylic acids is 2. The summed E-state index contributed by atoms with van der Waals surface area (Å²) in [5, 5.41) is 2.63. The van der Waals surface area contributed by atoms with Crippen molar-refractivity contribution in [3.8, 4) is 5.75 Å². The minimum Gasteiger partial charge on any atom is -0.496 e. The van der Waals surface area contributed by atoms with Crippen molar-refractivity contribution in [2.24, 2.45) is 0 Å². The number of furan rings is 1. The molecule has 1 atom stereocenters. The summed E-state index contributed by atoms with van der Waals surface area (Å²) < 4.78 is 16.0. The van der Waals surface area contributed by atoms with Crippen molar-refractivity contribution in [3.63, 3.8) is 0 Å². The number of benzene rings is 1. The number of nitrogens with one attached hydrogen (secondary N) is 1. The summed E-state index contributed by atoms with van der Waals surface area (Å²) in [5.74, 6) is 0.234. The fourth-order valence-electron chi connectivity index (χ4n) is 1.81. The maximum atomic E-state index is 12.1. The van der Waals surface area contributed by atoms with Gasteiger partial charge in [0.2, 0.25) is 0 Å². The maximum Gasteiger partial charge on any atom is 0.338 e. The largest absolute Gasteiger partial charge is 0.496 e. The fourth-order valence-corrected chi connectivity index (χ4v) is 2.35. The number of hydrogen-bond donors (Lipinski definition) is 1. The molecule has 1 amide bonds. The third-order valence-corrected chi connectivity index (χ3v) is 3.68. The van der Waals surface area contributed by atoms with Gasteiger partial charge in [-0.15, -0.1) is 0 Å². The van der Waals surface area contributed by atoms with E-state index in [1.165, 1.54) is 20.3 Å². The van der Waals surface area contributed by atoms with Crippen LogP contribution in [0.1, 0.15) is 23.0 Å². The monoisotopic (exact) mass is 381 g/mol. The van der Waals surface area contributed by atoms with Gasteiger partial charge in [0.15, 0.2) is 6.10 Å². The van der Waals surface area contributed by atoms with Crippen molar-refractivity contribution >= 4 is 27.8 Å². The van der Waals surface area contributed by atoms with Gasteiger partial charge in [-0.05, 0) is 53.2 Å². The summed E-state index contributed by atoms with van der Waals surface area (Å²) in [5.41, 5.74) is 0.323. The normalized spacial score (nSPS) is 11.6. The number of rotatable bonds is 6. The first-order chi connectivity index (χ1) is 11.0. The molecule has 1 aromatic heterocycles. The summed E-state index contributed by atoms with van der Waals surface area (Å²) in [6, 6.07) is 8.26. The second-order valence-electron chi connectivity index (χ2n) is 4.69. The number of halogens is 1. The lowest BCUT2D eigenvalue weighted by Gasteiger charge is -2.13. The molecule has 0 aliphatic rings. The van der Waals surface area contributed by atoms with Gasteiger partial charge in [-0.2, -0.15) is 0 Å². The van der Waals surface area contributed by atoms with Gasteiger partial charge in [-0.3, -0.25) is 4.79 Å². The Hall–Kier alpha value is -2.28. The molecule has 0 radical (unpaired) electrons. The molecule has 0 spiro atoms. The SMILES string of the molecule is COc1ccc(C(=O)O[C@@H](C)C(=O)NCc2ccco2)cc1Br. The van der Waals surface area contributed by atoms with Crippen LogP contribution in [0.2, 0.25) is 0 Å². The molecule has 0 saturated heterocycles. The Labute approximate surface area is 141 Å². The van der Waals surface area contributed by atoms with Gasteiger partial charge in [0.05, 0.1) is 30.0 Å². The minimum atomic E-state index is -0.918. The number of ether oxygens (including phenoxy) is 2. The Kier molecular flexibility index (Phi) is 5.81. The Morgan fingerprint density at radius 3 is 2.74 bits per heavy atom. The van der Waals surface area contributed by atoms with Crippen LogP contribution in [0.4, 0.5) is 0 Å². The van der Waals surface area contributed by atoms with Gasteiger partial charge in [0.1, 0.15) is 11.5 Å². The zero-order valence-corrected chi connectivity index (χ0v) is 14.3. The molecule has 0 aliphatic carbocycles. The van der Waals surface area contributed by atoms with Crippen LogP contribution in [-0.2, 0) is 16.1 Å². The third kappa shape index (κ3) is 4.59. The van der Waals surface area contributed by atoms with Gasteiger partial charge in [-0.25, -0.2) is 4.79 Å². The van der Waals surface area contributed by atoms with Gasteiger partial charge < -0.3 is 19.2 Å². The Bertz CT molecular complexity index is 684. The molecule has 0 bridgehead atoms. The van der Waals surface area contributed by atoms with Crippen molar-refractivity contribution in [2.45, 2.75) is 19.6 Å². The first-order valence-corrected chi connectivity index (χ1v) is 7.65. The van der Waals surface area contributed by atoms with Gasteiger partial charge >= 0.3 is 5.97 Å². The lowest BCUT2D eigenvalue weighted by molar-refractivity contribution is -0.129. The highest BCUT2D eigenvalue weighted by Crippen LogP contribution is 2.25. The van der Waals surface area contributed by atoms with Gasteiger partial charge in [0, 0.05) is 0 Å². The highest BCUT2D eigenvalue weighted by molar-refractivity contribution is 9.10.